The largest absolute Gasteiger partial charge is 0.335 e. The minimum atomic E-state index is -0.0803. The zero-order valence-electron chi connectivity index (χ0n) is 13.7. The number of rotatable bonds is 4. The smallest absolute Gasteiger partial charge is 0.256 e. The number of aromatic nitrogens is 4. The fraction of sp³-hybridized carbons (Fsp3) is 0.278. The number of nitrogens with zero attached hydrogens (tertiary/aromatic N) is 3. The molecule has 3 aromatic rings. The van der Waals surface area contributed by atoms with E-state index in [1.54, 1.807) is 0 Å². The molecular formula is C18H19N5OS. The summed E-state index contributed by atoms with van der Waals surface area (Å²) in [4.78, 5) is 20.1. The maximum Gasteiger partial charge on any atom is 0.256 e. The Hall–Kier alpha value is -2.51. The molecule has 2 aromatic heterocycles. The summed E-state index contributed by atoms with van der Waals surface area (Å²) in [6.45, 7) is 3.06. The molecule has 0 unspecified atom stereocenters. The highest BCUT2D eigenvalue weighted by atomic mass is 32.1. The normalized spacial score (nSPS) is 14.4. The van der Waals surface area contributed by atoms with Crippen LogP contribution >= 0.6 is 12.2 Å². The summed E-state index contributed by atoms with van der Waals surface area (Å²) in [5.74, 6) is 0. The van der Waals surface area contributed by atoms with Crippen molar-refractivity contribution in [3.05, 3.63) is 80.2 Å². The predicted molar refractivity (Wildman–Crippen MR) is 97.8 cm³/mol. The molecule has 7 heteroatoms. The van der Waals surface area contributed by atoms with Crippen molar-refractivity contribution in [1.82, 2.24) is 24.6 Å². The fourth-order valence-electron chi connectivity index (χ4n) is 3.25. The lowest BCUT2D eigenvalue weighted by Gasteiger charge is -2.27. The summed E-state index contributed by atoms with van der Waals surface area (Å²) in [6, 6.07) is 10.3. The predicted octanol–water partition coefficient (Wildman–Crippen LogP) is 2.24. The van der Waals surface area contributed by atoms with Crippen LogP contribution in [0.4, 0.5) is 0 Å². The first-order valence-corrected chi connectivity index (χ1v) is 8.70. The van der Waals surface area contributed by atoms with Crippen molar-refractivity contribution in [1.29, 1.82) is 0 Å². The van der Waals surface area contributed by atoms with Gasteiger partial charge in [-0.15, -0.1) is 0 Å². The van der Waals surface area contributed by atoms with Gasteiger partial charge in [0.15, 0.2) is 4.77 Å². The third-order valence-corrected chi connectivity index (χ3v) is 4.67. The van der Waals surface area contributed by atoms with Crippen LogP contribution in [0.2, 0.25) is 0 Å². The van der Waals surface area contributed by atoms with Gasteiger partial charge in [-0.05, 0) is 17.8 Å². The lowest BCUT2D eigenvalue weighted by molar-refractivity contribution is 0.241. The highest BCUT2D eigenvalue weighted by Crippen LogP contribution is 2.16. The van der Waals surface area contributed by atoms with Gasteiger partial charge in [-0.25, -0.2) is 0 Å². The van der Waals surface area contributed by atoms with E-state index in [9.17, 15) is 4.79 Å². The third kappa shape index (κ3) is 3.62. The van der Waals surface area contributed by atoms with Gasteiger partial charge < -0.3 is 4.98 Å². The van der Waals surface area contributed by atoms with Crippen LogP contribution < -0.4 is 5.56 Å². The summed E-state index contributed by atoms with van der Waals surface area (Å²) in [6.07, 6.45) is 4.79. The minimum absolute atomic E-state index is 0.0803. The zero-order chi connectivity index (χ0) is 17.2. The second kappa shape index (κ2) is 6.78. The molecule has 1 aromatic carbocycles. The maximum atomic E-state index is 12.1. The fourth-order valence-corrected chi connectivity index (χ4v) is 3.47. The number of H-pyrrole nitrogens is 2. The molecular weight excluding hydrogens is 334 g/mol. The van der Waals surface area contributed by atoms with Gasteiger partial charge in [-0.2, -0.15) is 5.10 Å². The summed E-state index contributed by atoms with van der Waals surface area (Å²) >= 11 is 5.04. The number of fused-ring (bicyclic) bond motifs is 1. The second-order valence-corrected chi connectivity index (χ2v) is 6.77. The molecule has 0 radical (unpaired) electrons. The molecule has 0 saturated heterocycles. The first kappa shape index (κ1) is 16.0. The number of benzene rings is 1. The quantitative estimate of drug-likeness (QED) is 0.706. The van der Waals surface area contributed by atoms with E-state index in [2.05, 4.69) is 38.3 Å². The SMILES string of the molecule is O=c1[nH]c(=S)[nH]c2c1CN(Cc1cnn(Cc3ccccc3)c1)CC2. The van der Waals surface area contributed by atoms with E-state index < -0.39 is 0 Å². The zero-order valence-corrected chi connectivity index (χ0v) is 14.6. The Kier molecular flexibility index (Phi) is 4.33. The van der Waals surface area contributed by atoms with Crippen LogP contribution in [-0.4, -0.2) is 31.2 Å². The Labute approximate surface area is 150 Å². The van der Waals surface area contributed by atoms with Gasteiger partial charge in [0.1, 0.15) is 0 Å². The van der Waals surface area contributed by atoms with Crippen LogP contribution in [0.25, 0.3) is 0 Å². The molecule has 0 atom stereocenters. The van der Waals surface area contributed by atoms with E-state index in [1.165, 1.54) is 5.56 Å². The lowest BCUT2D eigenvalue weighted by atomic mass is 10.1. The number of aromatic amines is 2. The van der Waals surface area contributed by atoms with E-state index in [0.717, 1.165) is 42.9 Å². The van der Waals surface area contributed by atoms with Crippen LogP contribution in [0.1, 0.15) is 22.4 Å². The van der Waals surface area contributed by atoms with Gasteiger partial charge >= 0.3 is 0 Å². The second-order valence-electron chi connectivity index (χ2n) is 6.36. The molecule has 2 N–H and O–H groups in total. The minimum Gasteiger partial charge on any atom is -0.335 e. The van der Waals surface area contributed by atoms with E-state index in [4.69, 9.17) is 12.2 Å². The van der Waals surface area contributed by atoms with Gasteiger partial charge in [0.2, 0.25) is 0 Å². The van der Waals surface area contributed by atoms with Crippen molar-refractivity contribution in [2.75, 3.05) is 6.54 Å². The topological polar surface area (TPSA) is 69.7 Å². The van der Waals surface area contributed by atoms with E-state index in [0.29, 0.717) is 11.3 Å². The Morgan fingerprint density at radius 1 is 1.12 bits per heavy atom. The Balaban J connectivity index is 1.45. The molecule has 0 aliphatic carbocycles. The van der Waals surface area contributed by atoms with Gasteiger partial charge in [0.25, 0.3) is 5.56 Å². The summed E-state index contributed by atoms with van der Waals surface area (Å²) in [7, 11) is 0. The molecule has 4 rings (SSSR count). The number of hydrogen-bond donors (Lipinski definition) is 2. The van der Waals surface area contributed by atoms with Gasteiger partial charge in [-0.1, -0.05) is 30.3 Å². The third-order valence-electron chi connectivity index (χ3n) is 4.47. The highest BCUT2D eigenvalue weighted by Gasteiger charge is 2.20. The maximum absolute atomic E-state index is 12.1. The van der Waals surface area contributed by atoms with Crippen molar-refractivity contribution >= 4 is 12.2 Å². The average Bonchev–Trinajstić information content (AvgIpc) is 3.03. The Morgan fingerprint density at radius 3 is 2.80 bits per heavy atom. The van der Waals surface area contributed by atoms with Crippen LogP contribution in [0, 0.1) is 4.77 Å². The van der Waals surface area contributed by atoms with Gasteiger partial charge in [0, 0.05) is 43.5 Å². The molecule has 1 aliphatic heterocycles. The standard InChI is InChI=1S/C18H19N5OS/c24-17-15-12-22(7-6-16(15)20-18(25)21-17)9-14-8-19-23(11-14)10-13-4-2-1-3-5-13/h1-5,8,11H,6-7,9-10,12H2,(H2,20,21,24,25). The number of nitrogens with one attached hydrogen (secondary N) is 2. The molecule has 25 heavy (non-hydrogen) atoms. The molecule has 0 fully saturated rings. The molecule has 0 bridgehead atoms. The Morgan fingerprint density at radius 2 is 1.96 bits per heavy atom. The van der Waals surface area contributed by atoms with Crippen molar-refractivity contribution in [2.45, 2.75) is 26.1 Å². The van der Waals surface area contributed by atoms with Crippen molar-refractivity contribution in [3.8, 4) is 0 Å². The van der Waals surface area contributed by atoms with Crippen LogP contribution in [0.5, 0.6) is 0 Å². The van der Waals surface area contributed by atoms with Crippen molar-refractivity contribution < 1.29 is 0 Å². The molecule has 0 spiro atoms. The highest BCUT2D eigenvalue weighted by molar-refractivity contribution is 7.71. The van der Waals surface area contributed by atoms with Crippen molar-refractivity contribution in [2.24, 2.45) is 0 Å². The first-order chi connectivity index (χ1) is 12.2. The molecule has 128 valence electrons. The van der Waals surface area contributed by atoms with Crippen LogP contribution in [-0.2, 0) is 26.1 Å². The Bertz CT molecular complexity index is 988. The van der Waals surface area contributed by atoms with Gasteiger partial charge in [-0.3, -0.25) is 19.4 Å². The lowest BCUT2D eigenvalue weighted by Crippen LogP contribution is -2.35. The first-order valence-electron chi connectivity index (χ1n) is 8.29. The van der Waals surface area contributed by atoms with Crippen LogP contribution in [0.15, 0.2) is 47.5 Å². The average molecular weight is 353 g/mol. The molecule has 0 amide bonds. The summed E-state index contributed by atoms with van der Waals surface area (Å²) < 4.78 is 2.35. The summed E-state index contributed by atoms with van der Waals surface area (Å²) in [5.41, 5.74) is 4.05. The van der Waals surface area contributed by atoms with Crippen molar-refractivity contribution in [3.63, 3.8) is 0 Å². The van der Waals surface area contributed by atoms with E-state index >= 15 is 0 Å². The molecule has 6 nitrogen and oxygen atoms in total. The van der Waals surface area contributed by atoms with E-state index in [-0.39, 0.29) is 5.56 Å². The van der Waals surface area contributed by atoms with E-state index in [1.807, 2.05) is 29.1 Å². The molecule has 0 saturated carbocycles. The number of hydrogen-bond acceptors (Lipinski definition) is 4. The monoisotopic (exact) mass is 353 g/mol. The van der Waals surface area contributed by atoms with Gasteiger partial charge in [0.05, 0.1) is 18.3 Å². The van der Waals surface area contributed by atoms with Crippen LogP contribution in [0.3, 0.4) is 0 Å². The molecule has 3 heterocycles. The summed E-state index contributed by atoms with van der Waals surface area (Å²) in [5, 5.41) is 4.45. The molecule has 1 aliphatic rings.